The molecule has 2 heterocycles. The summed E-state index contributed by atoms with van der Waals surface area (Å²) in [7, 11) is 0. The fourth-order valence-electron chi connectivity index (χ4n) is 2.54. The van der Waals surface area contributed by atoms with E-state index in [-0.39, 0.29) is 28.4 Å². The van der Waals surface area contributed by atoms with Crippen LogP contribution in [0.15, 0.2) is 38.5 Å². The number of aliphatic imine (C=N–C) groups is 1. The molecule has 0 spiro atoms. The van der Waals surface area contributed by atoms with E-state index in [1.165, 1.54) is 18.2 Å². The highest BCUT2D eigenvalue weighted by Crippen LogP contribution is 2.23. The number of hydrogen-bond acceptors (Lipinski definition) is 9. The lowest BCUT2D eigenvalue weighted by Crippen LogP contribution is -2.22. The predicted octanol–water partition coefficient (Wildman–Crippen LogP) is 2.05. The van der Waals surface area contributed by atoms with E-state index in [0.717, 1.165) is 25.0 Å². The van der Waals surface area contributed by atoms with Gasteiger partial charge in [0.15, 0.2) is 11.5 Å². The summed E-state index contributed by atoms with van der Waals surface area (Å²) >= 11 is 3.09. The van der Waals surface area contributed by atoms with Crippen molar-refractivity contribution in [2.24, 2.45) is 4.99 Å². The summed E-state index contributed by atoms with van der Waals surface area (Å²) in [5, 5.41) is 37.0. The van der Waals surface area contributed by atoms with Gasteiger partial charge in [0, 0.05) is 19.3 Å². The van der Waals surface area contributed by atoms with Gasteiger partial charge in [0.25, 0.3) is 0 Å². The molecule has 0 unspecified atom stereocenters. The maximum atomic E-state index is 13.4. The van der Waals surface area contributed by atoms with Gasteiger partial charge in [-0.1, -0.05) is 5.21 Å². The molecule has 2 aromatic heterocycles. The zero-order valence-electron chi connectivity index (χ0n) is 15.8. The zero-order chi connectivity index (χ0) is 21.3. The molecule has 0 atom stereocenters. The maximum Gasteiger partial charge on any atom is 0.202 e. The lowest BCUT2D eigenvalue weighted by Gasteiger charge is -2.06. The highest BCUT2D eigenvalue weighted by atomic mass is 79.9. The van der Waals surface area contributed by atoms with Crippen molar-refractivity contribution in [3.05, 3.63) is 46.1 Å². The third-order valence-electron chi connectivity index (χ3n) is 4.02. The number of aryl methyl sites for hydroxylation is 1. The Morgan fingerprint density at radius 2 is 2.17 bits per heavy atom. The number of anilines is 1. The molecule has 0 amide bonds. The summed E-state index contributed by atoms with van der Waals surface area (Å²) < 4.78 is 20.1. The Morgan fingerprint density at radius 1 is 1.30 bits per heavy atom. The number of hydroxylamine groups is 1. The molecule has 1 aromatic carbocycles. The first kappa shape index (κ1) is 21.8. The Hall–Kier alpha value is -2.90. The summed E-state index contributed by atoms with van der Waals surface area (Å²) in [4.78, 5) is 4.20. The van der Waals surface area contributed by atoms with Gasteiger partial charge in [-0.25, -0.2) is 14.0 Å². The third kappa shape index (κ3) is 5.81. The van der Waals surface area contributed by atoms with Gasteiger partial charge in [-0.2, -0.15) is 0 Å². The number of halogens is 2. The molecule has 160 valence electrons. The zero-order valence-corrected chi connectivity index (χ0v) is 17.4. The van der Waals surface area contributed by atoms with Gasteiger partial charge >= 0.3 is 0 Å². The Labute approximate surface area is 179 Å². The minimum Gasteiger partial charge on any atom is -0.396 e. The van der Waals surface area contributed by atoms with Crippen molar-refractivity contribution < 1.29 is 19.3 Å². The molecule has 3 rings (SSSR count). The van der Waals surface area contributed by atoms with Crippen molar-refractivity contribution in [2.45, 2.75) is 25.8 Å². The fraction of sp³-hybridized carbons (Fsp3) is 0.353. The normalized spacial score (nSPS) is 11.7. The van der Waals surface area contributed by atoms with Crippen LogP contribution in [0.3, 0.4) is 0 Å². The summed E-state index contributed by atoms with van der Waals surface area (Å²) in [6.07, 6.45) is 4.18. The number of nitrogens with one attached hydrogen (secondary N) is 2. The molecule has 0 saturated carbocycles. The lowest BCUT2D eigenvalue weighted by molar-refractivity contribution is 0.234. The first-order chi connectivity index (χ1) is 14.6. The minimum atomic E-state index is -0.428. The van der Waals surface area contributed by atoms with E-state index in [0.29, 0.717) is 18.8 Å². The molecular weight excluding hydrogens is 463 g/mol. The summed E-state index contributed by atoms with van der Waals surface area (Å²) in [6, 6.07) is 4.14. The van der Waals surface area contributed by atoms with Gasteiger partial charge in [0.05, 0.1) is 22.4 Å². The average molecular weight is 483 g/mol. The number of aliphatic hydroxyl groups is 1. The Morgan fingerprint density at radius 3 is 2.93 bits per heavy atom. The van der Waals surface area contributed by atoms with E-state index >= 15 is 0 Å². The Balaban J connectivity index is 1.61. The first-order valence-electron chi connectivity index (χ1n) is 9.11. The molecule has 0 aliphatic heterocycles. The van der Waals surface area contributed by atoms with E-state index in [1.54, 1.807) is 4.68 Å². The highest BCUT2D eigenvalue weighted by Gasteiger charge is 2.16. The molecule has 30 heavy (non-hydrogen) atoms. The number of benzene rings is 1. The van der Waals surface area contributed by atoms with Gasteiger partial charge in [0.1, 0.15) is 5.82 Å². The molecule has 0 radical (unpaired) electrons. The van der Waals surface area contributed by atoms with Gasteiger partial charge < -0.3 is 10.4 Å². The number of nitrogens with zero attached hydrogens (tertiary/aromatic N) is 6. The number of amidine groups is 1. The number of aliphatic hydroxyl groups excluding tert-OH is 1. The van der Waals surface area contributed by atoms with Crippen LogP contribution in [0.1, 0.15) is 24.2 Å². The molecule has 4 N–H and O–H groups in total. The van der Waals surface area contributed by atoms with Crippen LogP contribution in [-0.4, -0.2) is 54.6 Å². The highest BCUT2D eigenvalue weighted by molar-refractivity contribution is 9.10. The summed E-state index contributed by atoms with van der Waals surface area (Å²) in [5.74, 6) is -0.188. The largest absolute Gasteiger partial charge is 0.396 e. The van der Waals surface area contributed by atoms with Crippen LogP contribution in [0, 0.1) is 5.82 Å². The smallest absolute Gasteiger partial charge is 0.202 e. The van der Waals surface area contributed by atoms with Crippen molar-refractivity contribution in [2.75, 3.05) is 18.5 Å². The van der Waals surface area contributed by atoms with Gasteiger partial charge in [-0.05, 0) is 63.7 Å². The molecular formula is C17H20BrFN8O3. The summed E-state index contributed by atoms with van der Waals surface area (Å²) in [5.41, 5.74) is 3.35. The first-order valence-corrected chi connectivity index (χ1v) is 9.90. The summed E-state index contributed by atoms with van der Waals surface area (Å²) in [6.45, 7) is 1.10. The van der Waals surface area contributed by atoms with Crippen LogP contribution in [0.2, 0.25) is 0 Å². The molecule has 11 nitrogen and oxygen atoms in total. The maximum absolute atomic E-state index is 13.4. The lowest BCUT2D eigenvalue weighted by atomic mass is 10.2. The minimum absolute atomic E-state index is 0.0239. The van der Waals surface area contributed by atoms with Gasteiger partial charge in [0.2, 0.25) is 5.82 Å². The molecule has 0 fully saturated rings. The van der Waals surface area contributed by atoms with Crippen LogP contribution in [0.25, 0.3) is 0 Å². The number of unbranched alkanes of at least 4 members (excludes halogenated alkanes) is 1. The standard InChI is InChI=1S/C17H20BrFN8O3/c18-13-9-11(4-5-14(13)19)21-17(23-29)15-16(25-30-24-15)20-6-7-27-10-12(22-26-27)3-1-2-8-28/h4-5,9-10,28-29H,1-3,6-8H2,(H,20,25)(H,21,23). The average Bonchev–Trinajstić information content (AvgIpc) is 3.39. The quantitative estimate of drug-likeness (QED) is 0.147. The van der Waals surface area contributed by atoms with Crippen LogP contribution in [0.5, 0.6) is 0 Å². The van der Waals surface area contributed by atoms with Crippen LogP contribution in [0.4, 0.5) is 15.9 Å². The topological polar surface area (TPSA) is 147 Å². The second-order valence-electron chi connectivity index (χ2n) is 6.21. The van der Waals surface area contributed by atoms with E-state index in [4.69, 9.17) is 9.74 Å². The van der Waals surface area contributed by atoms with Crippen LogP contribution < -0.4 is 10.8 Å². The van der Waals surface area contributed by atoms with Gasteiger partial charge in [-0.3, -0.25) is 15.4 Å². The van der Waals surface area contributed by atoms with E-state index in [2.05, 4.69) is 46.9 Å². The molecule has 13 heteroatoms. The van der Waals surface area contributed by atoms with E-state index in [1.807, 2.05) is 11.7 Å². The van der Waals surface area contributed by atoms with Crippen LogP contribution >= 0.6 is 15.9 Å². The van der Waals surface area contributed by atoms with E-state index in [9.17, 15) is 9.60 Å². The van der Waals surface area contributed by atoms with Gasteiger partial charge in [-0.15, -0.1) is 5.10 Å². The monoisotopic (exact) mass is 482 g/mol. The van der Waals surface area contributed by atoms with E-state index < -0.39 is 5.82 Å². The number of aromatic nitrogens is 5. The second kappa shape index (κ2) is 10.8. The molecule has 3 aromatic rings. The van der Waals surface area contributed by atoms with Crippen molar-refractivity contribution >= 4 is 33.3 Å². The fourth-order valence-corrected chi connectivity index (χ4v) is 2.91. The second-order valence-corrected chi connectivity index (χ2v) is 7.07. The number of hydrogen-bond donors (Lipinski definition) is 4. The molecule has 0 bridgehead atoms. The molecule has 0 aliphatic rings. The molecule has 0 aliphatic carbocycles. The Kier molecular flexibility index (Phi) is 7.82. The number of rotatable bonds is 10. The Bertz CT molecular complexity index is 993. The molecule has 0 saturated heterocycles. The van der Waals surface area contributed by atoms with Crippen molar-refractivity contribution in [1.82, 2.24) is 30.8 Å². The van der Waals surface area contributed by atoms with Crippen molar-refractivity contribution in [3.63, 3.8) is 0 Å². The van der Waals surface area contributed by atoms with Crippen LogP contribution in [-0.2, 0) is 13.0 Å². The van der Waals surface area contributed by atoms with Crippen molar-refractivity contribution in [1.29, 1.82) is 0 Å². The predicted molar refractivity (Wildman–Crippen MR) is 108 cm³/mol. The third-order valence-corrected chi connectivity index (χ3v) is 4.63. The SMILES string of the molecule is OCCCCc1cn(CCNc2nonc2C(=Nc2ccc(F)c(Br)c2)NO)nn1. The van der Waals surface area contributed by atoms with Crippen molar-refractivity contribution in [3.8, 4) is 0 Å².